The van der Waals surface area contributed by atoms with Crippen molar-refractivity contribution in [2.45, 2.75) is 116 Å². The normalized spacial score (nSPS) is 30.7. The molecule has 0 amide bonds. The Morgan fingerprint density at radius 1 is 1.06 bits per heavy atom. The standard InChI is InChI=1S/C43H65FN4O3/c1-28-36-23-34(43(36,4)5)24-38(28)45-29(2)41-40(30(3)50)39(27-49)51-48(41)26-32-15-13-14-31(22-32)25-47(21-20-46(6)7)42(33-16-9-8-10-17-33)35-18-11-12-19-37(35)44/h11-15,18-19,22,28,30,33-34,36,38-42,45,49-50H,2,8-10,16-17,20-21,23-27H2,1,3-7H3/t28-,30-,34+,36-,38-,39-,40+,41+,42?/m0/s1. The largest absolute Gasteiger partial charge is 0.394 e. The SMILES string of the molecule is C=C(N[C@H]1C[C@H]2C[C@@H]([C@@H]1C)C2(C)C)[C@@H]1[C@H]([C@H](C)O)[C@H](CO)ON1Cc1cccc(CN(CCN(C)C)C(c2ccccc2F)C2CCCCC2)c1. The Morgan fingerprint density at radius 3 is 2.43 bits per heavy atom. The topological polar surface area (TPSA) is 71.4 Å². The number of hydroxylamine groups is 2. The van der Waals surface area contributed by atoms with Crippen molar-refractivity contribution in [1.82, 2.24) is 20.2 Å². The molecule has 0 spiro atoms. The van der Waals surface area contributed by atoms with Gasteiger partial charge in [-0.25, -0.2) is 4.39 Å². The average Bonchev–Trinajstić information content (AvgIpc) is 3.48. The van der Waals surface area contributed by atoms with E-state index in [-0.39, 0.29) is 30.4 Å². The fraction of sp³-hybridized carbons (Fsp3) is 0.674. The number of aliphatic hydroxyl groups is 2. The van der Waals surface area contributed by atoms with Gasteiger partial charge in [0, 0.05) is 55.4 Å². The molecule has 3 N–H and O–H groups in total. The number of rotatable bonds is 15. The number of nitrogens with zero attached hydrogens (tertiary/aromatic N) is 3. The average molecular weight is 705 g/mol. The van der Waals surface area contributed by atoms with Crippen LogP contribution in [-0.4, -0.2) is 83.2 Å². The molecule has 1 saturated heterocycles. The third kappa shape index (κ3) is 8.27. The van der Waals surface area contributed by atoms with Gasteiger partial charge < -0.3 is 20.4 Å². The molecule has 282 valence electrons. The Balaban J connectivity index is 1.23. The fourth-order valence-corrected chi connectivity index (χ4v) is 10.4. The molecule has 7 rings (SSSR count). The molecule has 4 aliphatic carbocycles. The van der Waals surface area contributed by atoms with Crippen molar-refractivity contribution < 1.29 is 19.4 Å². The highest BCUT2D eigenvalue weighted by Gasteiger charge is 2.57. The number of halogens is 1. The van der Waals surface area contributed by atoms with Gasteiger partial charge in [-0.2, -0.15) is 5.06 Å². The van der Waals surface area contributed by atoms with Crippen LogP contribution in [0.15, 0.2) is 60.8 Å². The zero-order chi connectivity index (χ0) is 36.4. The molecular formula is C43H65FN4O3. The number of aliphatic hydroxyl groups excluding tert-OH is 2. The molecule has 1 unspecified atom stereocenters. The summed E-state index contributed by atoms with van der Waals surface area (Å²) in [7, 11) is 4.20. The summed E-state index contributed by atoms with van der Waals surface area (Å²) in [5, 5.41) is 27.2. The summed E-state index contributed by atoms with van der Waals surface area (Å²) in [6.45, 7) is 16.3. The van der Waals surface area contributed by atoms with Crippen LogP contribution >= 0.6 is 0 Å². The van der Waals surface area contributed by atoms with Gasteiger partial charge >= 0.3 is 0 Å². The molecule has 51 heavy (non-hydrogen) atoms. The molecule has 2 aromatic carbocycles. The number of likely N-dealkylation sites (N-methyl/N-ethyl adjacent to an activating group) is 1. The van der Waals surface area contributed by atoms with Gasteiger partial charge in [-0.3, -0.25) is 9.74 Å². The first-order valence-electron chi connectivity index (χ1n) is 19.8. The second kappa shape index (κ2) is 16.4. The van der Waals surface area contributed by atoms with Gasteiger partial charge in [0.05, 0.1) is 18.8 Å². The third-order valence-corrected chi connectivity index (χ3v) is 13.5. The lowest BCUT2D eigenvalue weighted by Crippen LogP contribution is -2.60. The lowest BCUT2D eigenvalue weighted by atomic mass is 9.44. The van der Waals surface area contributed by atoms with E-state index in [1.807, 2.05) is 17.2 Å². The van der Waals surface area contributed by atoms with Gasteiger partial charge in [-0.1, -0.05) is 89.1 Å². The summed E-state index contributed by atoms with van der Waals surface area (Å²) in [6, 6.07) is 16.1. The minimum absolute atomic E-state index is 0.00621. The van der Waals surface area contributed by atoms with E-state index < -0.39 is 12.2 Å². The highest BCUT2D eigenvalue weighted by atomic mass is 19.1. The van der Waals surface area contributed by atoms with E-state index in [2.05, 4.69) is 80.8 Å². The molecule has 5 fully saturated rings. The minimum Gasteiger partial charge on any atom is -0.394 e. The Kier molecular flexibility index (Phi) is 12.3. The first kappa shape index (κ1) is 38.4. The molecule has 1 aliphatic heterocycles. The molecule has 8 heteroatoms. The number of hydrogen-bond donors (Lipinski definition) is 3. The van der Waals surface area contributed by atoms with E-state index in [0.717, 1.165) is 49.2 Å². The molecule has 0 aromatic heterocycles. The summed E-state index contributed by atoms with van der Waals surface area (Å²) >= 11 is 0. The lowest BCUT2D eigenvalue weighted by molar-refractivity contribution is -0.175. The van der Waals surface area contributed by atoms with E-state index in [0.29, 0.717) is 48.2 Å². The molecule has 9 atom stereocenters. The number of benzene rings is 2. The third-order valence-electron chi connectivity index (χ3n) is 13.5. The van der Waals surface area contributed by atoms with Crippen molar-refractivity contribution in [2.24, 2.45) is 35.0 Å². The summed E-state index contributed by atoms with van der Waals surface area (Å²) in [6.07, 6.45) is 7.14. The Hall–Kier alpha value is -2.33. The Bertz CT molecular complexity index is 1460. The zero-order valence-electron chi connectivity index (χ0n) is 32.1. The Morgan fingerprint density at radius 2 is 1.78 bits per heavy atom. The molecule has 2 bridgehead atoms. The summed E-state index contributed by atoms with van der Waals surface area (Å²) in [4.78, 5) is 11.2. The van der Waals surface area contributed by atoms with Crippen molar-refractivity contribution in [2.75, 3.05) is 33.8 Å². The van der Waals surface area contributed by atoms with E-state index in [9.17, 15) is 10.2 Å². The van der Waals surface area contributed by atoms with Crippen LogP contribution in [0.3, 0.4) is 0 Å². The van der Waals surface area contributed by atoms with Crippen LogP contribution in [-0.2, 0) is 17.9 Å². The fourth-order valence-electron chi connectivity index (χ4n) is 10.4. The maximum atomic E-state index is 15.6. The molecule has 0 radical (unpaired) electrons. The van der Waals surface area contributed by atoms with Gasteiger partial charge in [-0.05, 0) is 93.0 Å². The van der Waals surface area contributed by atoms with Crippen LogP contribution < -0.4 is 5.32 Å². The van der Waals surface area contributed by atoms with E-state index in [4.69, 9.17) is 4.84 Å². The van der Waals surface area contributed by atoms with Gasteiger partial charge in [0.15, 0.2) is 0 Å². The van der Waals surface area contributed by atoms with E-state index in [1.165, 1.54) is 31.2 Å². The van der Waals surface area contributed by atoms with E-state index in [1.54, 1.807) is 19.1 Å². The molecule has 1 heterocycles. The highest BCUT2D eigenvalue weighted by Crippen LogP contribution is 2.61. The second-order valence-corrected chi connectivity index (χ2v) is 17.4. The first-order valence-corrected chi connectivity index (χ1v) is 19.8. The van der Waals surface area contributed by atoms with E-state index >= 15 is 4.39 Å². The van der Waals surface area contributed by atoms with Gasteiger partial charge in [0.25, 0.3) is 0 Å². The van der Waals surface area contributed by atoms with Gasteiger partial charge in [0.1, 0.15) is 11.9 Å². The quantitative estimate of drug-likeness (QED) is 0.182. The maximum absolute atomic E-state index is 15.6. The zero-order valence-corrected chi connectivity index (χ0v) is 32.1. The first-order chi connectivity index (χ1) is 24.4. The number of nitrogens with one attached hydrogen (secondary N) is 1. The molecule has 5 aliphatic rings. The van der Waals surface area contributed by atoms with Crippen LogP contribution in [0.25, 0.3) is 0 Å². The Labute approximate surface area is 307 Å². The predicted octanol–water partition coefficient (Wildman–Crippen LogP) is 7.16. The van der Waals surface area contributed by atoms with Crippen molar-refractivity contribution in [3.8, 4) is 0 Å². The van der Waals surface area contributed by atoms with Crippen LogP contribution in [0.1, 0.15) is 95.4 Å². The smallest absolute Gasteiger partial charge is 0.127 e. The second-order valence-electron chi connectivity index (χ2n) is 17.4. The molecule has 7 nitrogen and oxygen atoms in total. The summed E-state index contributed by atoms with van der Waals surface area (Å²) < 4.78 is 15.6. The van der Waals surface area contributed by atoms with Crippen molar-refractivity contribution in [3.05, 3.63) is 83.3 Å². The highest BCUT2D eigenvalue weighted by molar-refractivity contribution is 5.27. The number of hydrogen-bond acceptors (Lipinski definition) is 7. The monoisotopic (exact) mass is 705 g/mol. The predicted molar refractivity (Wildman–Crippen MR) is 203 cm³/mol. The molecule has 2 aromatic rings. The van der Waals surface area contributed by atoms with Crippen molar-refractivity contribution >= 4 is 0 Å². The lowest BCUT2D eigenvalue weighted by Gasteiger charge is -2.62. The van der Waals surface area contributed by atoms with Crippen LogP contribution in [0.4, 0.5) is 4.39 Å². The number of fused-ring (bicyclic) bond motifs is 2. The van der Waals surface area contributed by atoms with Gasteiger partial charge in [0.2, 0.25) is 0 Å². The minimum atomic E-state index is -0.682. The molecule has 4 saturated carbocycles. The van der Waals surface area contributed by atoms with Crippen LogP contribution in [0.5, 0.6) is 0 Å². The molecular weight excluding hydrogens is 639 g/mol. The van der Waals surface area contributed by atoms with Gasteiger partial charge in [-0.15, -0.1) is 0 Å². The van der Waals surface area contributed by atoms with Crippen LogP contribution in [0, 0.1) is 40.8 Å². The summed E-state index contributed by atoms with van der Waals surface area (Å²) in [5.41, 5.74) is 4.34. The maximum Gasteiger partial charge on any atom is 0.127 e. The summed E-state index contributed by atoms with van der Waals surface area (Å²) in [5.74, 6) is 1.93. The van der Waals surface area contributed by atoms with Crippen LogP contribution in [0.2, 0.25) is 0 Å². The van der Waals surface area contributed by atoms with Crippen molar-refractivity contribution in [1.29, 1.82) is 0 Å². The van der Waals surface area contributed by atoms with Crippen molar-refractivity contribution in [3.63, 3.8) is 0 Å².